The summed E-state index contributed by atoms with van der Waals surface area (Å²) >= 11 is 0. The van der Waals surface area contributed by atoms with E-state index in [0.717, 1.165) is 11.4 Å². The molecule has 522 valence electrons. The highest BCUT2D eigenvalue weighted by atomic mass is 15.0. The van der Waals surface area contributed by atoms with Crippen LogP contribution in [0.1, 0.15) is 0 Å². The number of aromatic nitrogens is 4. The Morgan fingerprint density at radius 2 is 0.321 bits per heavy atom. The fraction of sp³-hybridized carbons (Fsp3) is 0. The molecule has 4 nitrogen and oxygen atoms in total. The summed E-state index contributed by atoms with van der Waals surface area (Å²) in [6, 6.07) is 155. The SMILES string of the molecule is c1ccc(-c2ccc3cc(-n4c5ccccc5c5ccc(-c6ccc(-c7ccc8c9ccccc9n(-c9ccc%10ccccc%10c9)c8c7)cc6)cc54)ccc3c2)cc1.c1ccc(-c2ccc3cc(-n4c5ccccc5c5ccc(-c6ccc(-c7ccc8c9ccccc9n(-c9ccccc9)c8c7)cc6)cc54)ccc3c2)cc1. The van der Waals surface area contributed by atoms with Gasteiger partial charge in [0.05, 0.1) is 44.1 Å². The van der Waals surface area contributed by atoms with Crippen LogP contribution in [0.25, 0.3) is 209 Å². The van der Waals surface area contributed by atoms with Gasteiger partial charge in [-0.1, -0.05) is 315 Å². The van der Waals surface area contributed by atoms with Crippen molar-refractivity contribution in [3.8, 4) is 89.5 Å². The highest BCUT2D eigenvalue weighted by Crippen LogP contribution is 2.43. The van der Waals surface area contributed by atoms with Gasteiger partial charge in [-0.05, 0) is 208 Å². The van der Waals surface area contributed by atoms with E-state index in [2.05, 4.69) is 443 Å². The summed E-state index contributed by atoms with van der Waals surface area (Å²) in [5.74, 6) is 0. The Labute approximate surface area is 647 Å². The fourth-order valence-electron chi connectivity index (χ4n) is 17.7. The second-order valence-electron chi connectivity index (χ2n) is 29.6. The molecule has 0 N–H and O–H groups in total. The maximum absolute atomic E-state index is 2.43. The van der Waals surface area contributed by atoms with Crippen LogP contribution in [0.3, 0.4) is 0 Å². The summed E-state index contributed by atoms with van der Waals surface area (Å²) in [7, 11) is 0. The topological polar surface area (TPSA) is 19.7 Å². The molecule has 0 aliphatic rings. The van der Waals surface area contributed by atoms with Gasteiger partial charge in [-0.3, -0.25) is 0 Å². The number of nitrogens with zero attached hydrogens (tertiary/aromatic N) is 4. The van der Waals surface area contributed by atoms with Gasteiger partial charge in [-0.15, -0.1) is 0 Å². The standard InChI is InChI=1S/C56H36N2.C52H34N2/c1-2-10-37(11-3-1)42-22-23-44-34-48(29-25-43(44)32-42)58-54-17-9-7-15-50(54)52-31-27-46(36-56(52)58)40-20-18-39(19-21-40)45-26-30-51-49-14-6-8-16-53(49)57(55(51)35-45)47-28-24-38-12-4-5-13-41(38)33-47;1-3-11-35(12-4-1)38-23-24-40-32-44(28-25-39(40)31-38)54-50-18-10-8-16-46(50)48-30-27-42(34-52(48)54)37-21-19-36(20-22-37)41-26-29-47-45-15-7-9-17-49(45)53(51(47)33-41)43-13-5-2-6-14-43/h1-36H;1-34H. The van der Waals surface area contributed by atoms with Crippen molar-refractivity contribution in [2.24, 2.45) is 0 Å². The third kappa shape index (κ3) is 11.0. The Kier molecular flexibility index (Phi) is 15.2. The quantitative estimate of drug-likeness (QED) is 0.130. The van der Waals surface area contributed by atoms with Crippen molar-refractivity contribution in [3.05, 3.63) is 425 Å². The Morgan fingerprint density at radius 1 is 0.107 bits per heavy atom. The Hall–Kier alpha value is -14.8. The molecule has 23 rings (SSSR count). The first kappa shape index (κ1) is 64.3. The van der Waals surface area contributed by atoms with E-state index in [4.69, 9.17) is 0 Å². The minimum atomic E-state index is 1.16. The fourth-order valence-corrected chi connectivity index (χ4v) is 17.7. The van der Waals surface area contributed by atoms with Gasteiger partial charge in [0.1, 0.15) is 0 Å². The third-order valence-electron chi connectivity index (χ3n) is 23.2. The largest absolute Gasteiger partial charge is 0.309 e. The maximum atomic E-state index is 2.43. The summed E-state index contributed by atoms with van der Waals surface area (Å²) in [6.07, 6.45) is 0. The molecule has 0 spiro atoms. The summed E-state index contributed by atoms with van der Waals surface area (Å²) in [5.41, 5.74) is 28.9. The molecule has 0 aliphatic heterocycles. The molecule has 4 aromatic heterocycles. The summed E-state index contributed by atoms with van der Waals surface area (Å²) < 4.78 is 9.65. The predicted molar refractivity (Wildman–Crippen MR) is 475 cm³/mol. The van der Waals surface area contributed by atoms with Crippen molar-refractivity contribution in [1.29, 1.82) is 0 Å². The van der Waals surface area contributed by atoms with Crippen LogP contribution in [0.15, 0.2) is 425 Å². The van der Waals surface area contributed by atoms with Crippen LogP contribution in [0.4, 0.5) is 0 Å². The van der Waals surface area contributed by atoms with Crippen molar-refractivity contribution >= 4 is 120 Å². The number of para-hydroxylation sites is 5. The lowest BCUT2D eigenvalue weighted by molar-refractivity contribution is 1.18. The zero-order valence-corrected chi connectivity index (χ0v) is 61.2. The first-order valence-corrected chi connectivity index (χ1v) is 38.6. The highest BCUT2D eigenvalue weighted by molar-refractivity contribution is 6.14. The third-order valence-corrected chi connectivity index (χ3v) is 23.2. The number of benzene rings is 19. The monoisotopic (exact) mass is 1420 g/mol. The molecule has 23 aromatic rings. The number of hydrogen-bond acceptors (Lipinski definition) is 0. The second kappa shape index (κ2) is 26.5. The molecule has 0 radical (unpaired) electrons. The van der Waals surface area contributed by atoms with Crippen LogP contribution in [0.5, 0.6) is 0 Å². The van der Waals surface area contributed by atoms with E-state index < -0.39 is 0 Å². The molecule has 4 heterocycles. The lowest BCUT2D eigenvalue weighted by atomic mass is 9.98. The molecule has 0 unspecified atom stereocenters. The van der Waals surface area contributed by atoms with Crippen molar-refractivity contribution in [1.82, 2.24) is 18.3 Å². The van der Waals surface area contributed by atoms with E-state index in [9.17, 15) is 0 Å². The van der Waals surface area contributed by atoms with Crippen LogP contribution < -0.4 is 0 Å². The van der Waals surface area contributed by atoms with Gasteiger partial charge in [0, 0.05) is 65.8 Å². The number of rotatable bonds is 10. The van der Waals surface area contributed by atoms with Crippen molar-refractivity contribution < 1.29 is 0 Å². The Morgan fingerprint density at radius 3 is 0.670 bits per heavy atom. The van der Waals surface area contributed by atoms with E-state index in [1.807, 2.05) is 0 Å². The highest BCUT2D eigenvalue weighted by Gasteiger charge is 2.20. The van der Waals surface area contributed by atoms with Gasteiger partial charge in [0.15, 0.2) is 0 Å². The molecule has 4 heteroatoms. The van der Waals surface area contributed by atoms with Gasteiger partial charge in [-0.2, -0.15) is 0 Å². The molecule has 0 fully saturated rings. The van der Waals surface area contributed by atoms with Gasteiger partial charge in [0.25, 0.3) is 0 Å². The van der Waals surface area contributed by atoms with Crippen LogP contribution in [-0.2, 0) is 0 Å². The minimum absolute atomic E-state index is 1.16. The smallest absolute Gasteiger partial charge is 0.0547 e. The molecule has 0 saturated carbocycles. The van der Waals surface area contributed by atoms with Crippen LogP contribution >= 0.6 is 0 Å². The van der Waals surface area contributed by atoms with E-state index in [1.165, 1.54) is 198 Å². The lowest BCUT2D eigenvalue weighted by Gasteiger charge is -2.12. The molecule has 0 aliphatic carbocycles. The first-order chi connectivity index (χ1) is 55.5. The average Bonchev–Trinajstić information content (AvgIpc) is 1.61. The van der Waals surface area contributed by atoms with Crippen molar-refractivity contribution in [2.75, 3.05) is 0 Å². The zero-order valence-electron chi connectivity index (χ0n) is 61.2. The predicted octanol–water partition coefficient (Wildman–Crippen LogP) is 29.2. The molecule has 0 saturated heterocycles. The normalized spacial score (nSPS) is 11.8. The van der Waals surface area contributed by atoms with E-state index in [1.54, 1.807) is 0 Å². The number of hydrogen-bond donors (Lipinski definition) is 0. The van der Waals surface area contributed by atoms with Crippen molar-refractivity contribution in [2.45, 2.75) is 0 Å². The molecule has 19 aromatic carbocycles. The lowest BCUT2D eigenvalue weighted by Crippen LogP contribution is -1.94. The summed E-state index contributed by atoms with van der Waals surface area (Å²) in [6.45, 7) is 0. The van der Waals surface area contributed by atoms with Gasteiger partial charge in [-0.25, -0.2) is 0 Å². The molecule has 112 heavy (non-hydrogen) atoms. The van der Waals surface area contributed by atoms with Crippen molar-refractivity contribution in [3.63, 3.8) is 0 Å². The molecule has 0 amide bonds. The number of fused-ring (bicyclic) bond motifs is 15. The van der Waals surface area contributed by atoms with E-state index >= 15 is 0 Å². The maximum Gasteiger partial charge on any atom is 0.0547 e. The minimum Gasteiger partial charge on any atom is -0.309 e. The molecular formula is C108H70N4. The second-order valence-corrected chi connectivity index (χ2v) is 29.6. The van der Waals surface area contributed by atoms with Crippen LogP contribution in [0.2, 0.25) is 0 Å². The zero-order chi connectivity index (χ0) is 73.7. The van der Waals surface area contributed by atoms with Crippen LogP contribution in [0, 0.1) is 0 Å². The van der Waals surface area contributed by atoms with Gasteiger partial charge < -0.3 is 18.3 Å². The Bertz CT molecular complexity index is 7650. The van der Waals surface area contributed by atoms with Crippen LogP contribution in [-0.4, -0.2) is 18.3 Å². The van der Waals surface area contributed by atoms with E-state index in [0.29, 0.717) is 0 Å². The summed E-state index contributed by atoms with van der Waals surface area (Å²) in [4.78, 5) is 0. The Balaban J connectivity index is 0.000000138. The van der Waals surface area contributed by atoms with Gasteiger partial charge in [0.2, 0.25) is 0 Å². The first-order valence-electron chi connectivity index (χ1n) is 38.6. The van der Waals surface area contributed by atoms with E-state index in [-0.39, 0.29) is 0 Å². The average molecular weight is 1420 g/mol. The molecule has 0 atom stereocenters. The molecule has 0 bridgehead atoms. The van der Waals surface area contributed by atoms with Gasteiger partial charge >= 0.3 is 0 Å². The summed E-state index contributed by atoms with van der Waals surface area (Å²) in [5, 5.41) is 17.5. The molecular weight excluding hydrogens is 1350 g/mol.